The van der Waals surface area contributed by atoms with Gasteiger partial charge in [-0.15, -0.1) is 0 Å². The topological polar surface area (TPSA) is 0 Å². The van der Waals surface area contributed by atoms with Gasteiger partial charge in [-0.3, -0.25) is 0 Å². The van der Waals surface area contributed by atoms with Crippen molar-refractivity contribution in [2.45, 2.75) is 13.8 Å². The first-order chi connectivity index (χ1) is 5.13. The molecule has 0 saturated carbocycles. The van der Waals surface area contributed by atoms with Crippen molar-refractivity contribution in [1.29, 1.82) is 0 Å². The molecule has 0 N–H and O–H groups in total. The van der Waals surface area contributed by atoms with E-state index in [4.69, 9.17) is 0 Å². The van der Waals surface area contributed by atoms with Crippen molar-refractivity contribution in [2.75, 3.05) is 0 Å². The third-order valence-electron chi connectivity index (χ3n) is 0.984. The Kier molecular flexibility index (Phi) is 10.6. The van der Waals surface area contributed by atoms with Crippen LogP contribution in [0.3, 0.4) is 0 Å². The summed E-state index contributed by atoms with van der Waals surface area (Å²) in [7, 11) is 0. The van der Waals surface area contributed by atoms with Crippen LogP contribution in [0.1, 0.15) is 13.8 Å². The Balaban J connectivity index is 0. The molecule has 0 radical (unpaired) electrons. The minimum absolute atomic E-state index is 0. The molecule has 0 rings (SSSR count). The van der Waals surface area contributed by atoms with Crippen molar-refractivity contribution in [1.82, 2.24) is 0 Å². The van der Waals surface area contributed by atoms with Gasteiger partial charge in [0.15, 0.2) is 0 Å². The van der Waals surface area contributed by atoms with Gasteiger partial charge in [0.2, 0.25) is 0 Å². The molecule has 0 aliphatic carbocycles. The van der Waals surface area contributed by atoms with Crippen LogP contribution in [0.25, 0.3) is 0 Å². The molecule has 64 valence electrons. The molecule has 0 amide bonds. The molecular formula is C10H14AlCl. The molecule has 0 unspecified atom stereocenters. The molecule has 0 saturated heterocycles. The molecule has 0 aromatic rings. The summed E-state index contributed by atoms with van der Waals surface area (Å²) in [5.74, 6) is 0. The van der Waals surface area contributed by atoms with E-state index in [0.29, 0.717) is 0 Å². The molecule has 0 aliphatic heterocycles. The number of allylic oxidation sites excluding steroid dienone is 4. The van der Waals surface area contributed by atoms with Gasteiger partial charge in [0.05, 0.1) is 0 Å². The first-order valence-corrected chi connectivity index (χ1v) is 4.95. The molecule has 0 aromatic heterocycles. The molecule has 12 heavy (non-hydrogen) atoms. The van der Waals surface area contributed by atoms with Crippen molar-refractivity contribution in [3.8, 4) is 0 Å². The van der Waals surface area contributed by atoms with Crippen molar-refractivity contribution in [2.24, 2.45) is 0 Å². The molecule has 0 heterocycles. The fourth-order valence-electron chi connectivity index (χ4n) is 0.504. The second kappa shape index (κ2) is 8.88. The zero-order valence-corrected chi connectivity index (χ0v) is 9.59. The van der Waals surface area contributed by atoms with Gasteiger partial charge in [-0.25, -0.2) is 0 Å². The number of hydrogen-bond acceptors (Lipinski definition) is 0. The van der Waals surface area contributed by atoms with E-state index in [1.54, 1.807) is 0 Å². The Labute approximate surface area is 87.9 Å². The summed E-state index contributed by atoms with van der Waals surface area (Å²) in [4.78, 5) is 4.34. The molecule has 0 aliphatic rings. The van der Waals surface area contributed by atoms with Crippen molar-refractivity contribution in [3.05, 3.63) is 46.3 Å². The summed E-state index contributed by atoms with van der Waals surface area (Å²) in [5, 5.41) is 0. The third-order valence-corrected chi connectivity index (χ3v) is 1.81. The molecule has 0 aromatic carbocycles. The van der Waals surface area contributed by atoms with Crippen molar-refractivity contribution >= 4 is 15.2 Å². The zero-order chi connectivity index (χ0) is 8.69. The summed E-state index contributed by atoms with van der Waals surface area (Å²) in [6, 6.07) is 0. The number of rotatable bonds is 4. The average Bonchev–Trinajstić information content (AvgIpc) is 1.85. The van der Waals surface area contributed by atoms with Gasteiger partial charge < -0.3 is 12.4 Å². The summed E-state index contributed by atoms with van der Waals surface area (Å²) < 4.78 is 0. The van der Waals surface area contributed by atoms with E-state index in [1.807, 2.05) is 13.8 Å². The van der Waals surface area contributed by atoms with E-state index in [9.17, 15) is 0 Å². The standard InChI is InChI=1S/2C5H7.Al.ClH/c2*1-4-5(2)3;;/h2*1,4H,2H2,3H3;;1H/q;;+1;/p-1. The van der Waals surface area contributed by atoms with Crippen LogP contribution in [0, 0.1) is 0 Å². The Morgan fingerprint density at radius 1 is 1.00 bits per heavy atom. The summed E-state index contributed by atoms with van der Waals surface area (Å²) in [5.41, 5.74) is 2.22. The Morgan fingerprint density at radius 3 is 1.58 bits per heavy atom. The quantitative estimate of drug-likeness (QED) is 0.434. The maximum atomic E-state index is 3.77. The van der Waals surface area contributed by atoms with Gasteiger partial charge in [-0.05, 0) is 0 Å². The van der Waals surface area contributed by atoms with E-state index >= 15 is 0 Å². The van der Waals surface area contributed by atoms with Gasteiger partial charge in [-0.1, -0.05) is 0 Å². The fourth-order valence-corrected chi connectivity index (χ4v) is 1.51. The van der Waals surface area contributed by atoms with Crippen molar-refractivity contribution < 1.29 is 12.4 Å². The van der Waals surface area contributed by atoms with Gasteiger partial charge in [0, 0.05) is 0 Å². The van der Waals surface area contributed by atoms with Crippen LogP contribution >= 0.6 is 0 Å². The van der Waals surface area contributed by atoms with E-state index in [0.717, 1.165) is 11.1 Å². The van der Waals surface area contributed by atoms with E-state index in [-0.39, 0.29) is 27.6 Å². The minimum atomic E-state index is 0. The largest absolute Gasteiger partial charge is 1.00 e. The van der Waals surface area contributed by atoms with Crippen LogP contribution in [0.5, 0.6) is 0 Å². The molecular weight excluding hydrogens is 183 g/mol. The monoisotopic (exact) mass is 196 g/mol. The van der Waals surface area contributed by atoms with Gasteiger partial charge in [-0.2, -0.15) is 0 Å². The maximum Gasteiger partial charge on any atom is -1.00 e. The van der Waals surface area contributed by atoms with Crippen LogP contribution in [0.2, 0.25) is 0 Å². The van der Waals surface area contributed by atoms with E-state index < -0.39 is 0 Å². The summed E-state index contributed by atoms with van der Waals surface area (Å²) in [6.07, 6.45) is 4.11. The molecule has 2 heteroatoms. The normalized spacial score (nSPS) is 9.50. The maximum absolute atomic E-state index is 3.77. The smallest absolute Gasteiger partial charge is 1.00 e. The fraction of sp³-hybridized carbons (Fsp3) is 0.200. The number of hydrogen-bond donors (Lipinski definition) is 0. The van der Waals surface area contributed by atoms with Crippen LogP contribution in [0.15, 0.2) is 46.3 Å². The zero-order valence-electron chi connectivity index (χ0n) is 7.68. The van der Waals surface area contributed by atoms with Crippen molar-refractivity contribution in [3.63, 3.8) is 0 Å². The van der Waals surface area contributed by atoms with Crippen LogP contribution < -0.4 is 12.4 Å². The SMILES string of the molecule is C=C(C)C=[CH][Al+][CH]=CC(=C)C.[Cl-]. The first-order valence-electron chi connectivity index (χ1n) is 3.62. The predicted octanol–water partition coefficient (Wildman–Crippen LogP) is -0.126. The Hall–Kier alpha value is -0.218. The van der Waals surface area contributed by atoms with Gasteiger partial charge >= 0.3 is 75.4 Å². The van der Waals surface area contributed by atoms with Gasteiger partial charge in [0.1, 0.15) is 0 Å². The van der Waals surface area contributed by atoms with Crippen LogP contribution in [0.4, 0.5) is 0 Å². The Bertz CT molecular complexity index is 180. The Morgan fingerprint density at radius 2 is 1.33 bits per heavy atom. The molecule has 0 bridgehead atoms. The number of halogens is 1. The van der Waals surface area contributed by atoms with Crippen LogP contribution in [-0.4, -0.2) is 15.2 Å². The van der Waals surface area contributed by atoms with Gasteiger partial charge in [0.25, 0.3) is 0 Å². The predicted molar refractivity (Wildman–Crippen MR) is 53.7 cm³/mol. The molecule has 0 fully saturated rings. The minimum Gasteiger partial charge on any atom is -1.00 e. The molecule has 0 atom stereocenters. The second-order valence-corrected chi connectivity index (χ2v) is 3.76. The molecule has 0 nitrogen and oxygen atoms in total. The summed E-state index contributed by atoms with van der Waals surface area (Å²) in [6.45, 7) is 11.5. The summed E-state index contributed by atoms with van der Waals surface area (Å²) >= 11 is 0.289. The first kappa shape index (κ1) is 14.3. The van der Waals surface area contributed by atoms with E-state index in [2.05, 4.69) is 35.2 Å². The van der Waals surface area contributed by atoms with E-state index in [1.165, 1.54) is 0 Å². The molecule has 0 spiro atoms. The average molecular weight is 197 g/mol. The van der Waals surface area contributed by atoms with Crippen LogP contribution in [-0.2, 0) is 0 Å². The second-order valence-electron chi connectivity index (χ2n) is 2.60. The third kappa shape index (κ3) is 12.5.